The maximum absolute atomic E-state index is 11.8. The van der Waals surface area contributed by atoms with Gasteiger partial charge in [0.2, 0.25) is 0 Å². The van der Waals surface area contributed by atoms with Crippen LogP contribution in [-0.2, 0) is 0 Å². The van der Waals surface area contributed by atoms with Crippen molar-refractivity contribution in [1.82, 2.24) is 20.4 Å². The van der Waals surface area contributed by atoms with Crippen LogP contribution in [0.2, 0.25) is 0 Å². The third-order valence-electron chi connectivity index (χ3n) is 2.19. The molecule has 8 nitrogen and oxygen atoms in total. The minimum atomic E-state index is -0.801. The van der Waals surface area contributed by atoms with E-state index in [9.17, 15) is 9.59 Å². The number of nitrogens with two attached hydrogens (primary N) is 1. The molecule has 0 saturated heterocycles. The lowest BCUT2D eigenvalue weighted by Crippen LogP contribution is -2.18. The Hall–Kier alpha value is -3.21. The second-order valence-electron chi connectivity index (χ2n) is 3.42. The molecular formula is C11H8N6O2. The third kappa shape index (κ3) is 2.55. The number of anilines is 1. The molecule has 0 aliphatic rings. The number of H-pyrrole nitrogens is 1. The minimum absolute atomic E-state index is 0.0430. The molecule has 0 radical (unpaired) electrons. The van der Waals surface area contributed by atoms with Crippen molar-refractivity contribution in [2.75, 3.05) is 5.32 Å². The normalized spacial score (nSPS) is 9.63. The number of hydrogen-bond donors (Lipinski definition) is 3. The van der Waals surface area contributed by atoms with E-state index in [-0.39, 0.29) is 17.1 Å². The van der Waals surface area contributed by atoms with Gasteiger partial charge in [0.15, 0.2) is 11.5 Å². The maximum atomic E-state index is 11.8. The summed E-state index contributed by atoms with van der Waals surface area (Å²) < 4.78 is 0. The fraction of sp³-hybridized carbons (Fsp3) is 0. The number of nitrogens with one attached hydrogen (secondary N) is 2. The highest BCUT2D eigenvalue weighted by Gasteiger charge is 2.16. The van der Waals surface area contributed by atoms with Crippen molar-refractivity contribution in [2.24, 2.45) is 5.73 Å². The van der Waals surface area contributed by atoms with E-state index in [0.29, 0.717) is 5.69 Å². The molecule has 0 atom stereocenters. The van der Waals surface area contributed by atoms with E-state index in [0.717, 1.165) is 0 Å². The molecule has 2 aromatic heterocycles. The highest BCUT2D eigenvalue weighted by molar-refractivity contribution is 6.06. The lowest BCUT2D eigenvalue weighted by atomic mass is 10.2. The number of hydrogen-bond acceptors (Lipinski definition) is 5. The molecule has 2 amide bonds. The summed E-state index contributed by atoms with van der Waals surface area (Å²) in [6, 6.07) is 3.02. The smallest absolute Gasteiger partial charge is 0.273 e. The van der Waals surface area contributed by atoms with Gasteiger partial charge < -0.3 is 11.1 Å². The number of primary amides is 1. The topological polar surface area (TPSA) is 127 Å². The lowest BCUT2D eigenvalue weighted by Gasteiger charge is -2.02. The first kappa shape index (κ1) is 12.3. The molecule has 0 bridgehead atoms. The minimum Gasteiger partial charge on any atom is -0.364 e. The van der Waals surface area contributed by atoms with E-state index in [2.05, 4.69) is 31.6 Å². The molecule has 0 aliphatic carbocycles. The van der Waals surface area contributed by atoms with Crippen molar-refractivity contribution >= 4 is 17.6 Å². The van der Waals surface area contributed by atoms with Crippen LogP contribution in [0.3, 0.4) is 0 Å². The molecule has 4 N–H and O–H groups in total. The van der Waals surface area contributed by atoms with Gasteiger partial charge in [-0.3, -0.25) is 9.59 Å². The number of carbonyl (C=O) groups is 2. The first-order chi connectivity index (χ1) is 9.11. The number of aromatic nitrogens is 4. The van der Waals surface area contributed by atoms with Crippen molar-refractivity contribution in [3.8, 4) is 12.3 Å². The SMILES string of the molecule is C#Cc1ccc(C(=O)Nc2n[nH]nc2C(N)=O)cn1. The zero-order valence-electron chi connectivity index (χ0n) is 9.54. The highest BCUT2D eigenvalue weighted by Crippen LogP contribution is 2.09. The average Bonchev–Trinajstić information content (AvgIpc) is 2.87. The summed E-state index contributed by atoms with van der Waals surface area (Å²) in [4.78, 5) is 26.7. The summed E-state index contributed by atoms with van der Waals surface area (Å²) in [5.74, 6) is 0.980. The number of terminal acetylenes is 1. The molecule has 0 fully saturated rings. The largest absolute Gasteiger partial charge is 0.364 e. The van der Waals surface area contributed by atoms with Crippen LogP contribution in [0.25, 0.3) is 0 Å². The van der Waals surface area contributed by atoms with Crippen LogP contribution in [0, 0.1) is 12.3 Å². The number of nitrogens with zero attached hydrogens (tertiary/aromatic N) is 3. The Morgan fingerprint density at radius 3 is 2.74 bits per heavy atom. The van der Waals surface area contributed by atoms with E-state index in [1.165, 1.54) is 18.3 Å². The number of pyridine rings is 1. The van der Waals surface area contributed by atoms with Gasteiger partial charge in [-0.05, 0) is 12.1 Å². The Kier molecular flexibility index (Phi) is 3.20. The van der Waals surface area contributed by atoms with Crippen molar-refractivity contribution in [3.05, 3.63) is 35.3 Å². The van der Waals surface area contributed by atoms with Crippen LogP contribution in [0.15, 0.2) is 18.3 Å². The van der Waals surface area contributed by atoms with Crippen LogP contribution in [0.5, 0.6) is 0 Å². The van der Waals surface area contributed by atoms with Gasteiger partial charge in [-0.1, -0.05) is 5.92 Å². The van der Waals surface area contributed by atoms with Gasteiger partial charge in [-0.15, -0.1) is 16.6 Å². The number of amides is 2. The summed E-state index contributed by atoms with van der Waals surface area (Å²) in [6.07, 6.45) is 6.47. The molecule has 19 heavy (non-hydrogen) atoms. The van der Waals surface area contributed by atoms with E-state index in [1.807, 2.05) is 0 Å². The molecule has 8 heteroatoms. The number of rotatable bonds is 3. The quantitative estimate of drug-likeness (QED) is 0.640. The first-order valence-corrected chi connectivity index (χ1v) is 5.06. The Morgan fingerprint density at radius 2 is 2.16 bits per heavy atom. The Bertz CT molecular complexity index is 667. The van der Waals surface area contributed by atoms with Crippen LogP contribution in [0.1, 0.15) is 26.5 Å². The van der Waals surface area contributed by atoms with E-state index in [4.69, 9.17) is 12.2 Å². The Balaban J connectivity index is 2.19. The van der Waals surface area contributed by atoms with E-state index < -0.39 is 11.8 Å². The molecule has 0 aromatic carbocycles. The molecule has 2 heterocycles. The fourth-order valence-electron chi connectivity index (χ4n) is 1.28. The number of carbonyl (C=O) groups excluding carboxylic acids is 2. The standard InChI is InChI=1S/C11H8N6O2/c1-2-7-4-3-6(5-13-7)11(19)14-10-8(9(12)18)15-17-16-10/h1,3-5H,(H2,12,18)(H2,14,15,16,17,19). The fourth-order valence-corrected chi connectivity index (χ4v) is 1.28. The van der Waals surface area contributed by atoms with Crippen molar-refractivity contribution in [3.63, 3.8) is 0 Å². The summed E-state index contributed by atoms with van der Waals surface area (Å²) in [5, 5.41) is 11.7. The maximum Gasteiger partial charge on any atom is 0.273 e. The van der Waals surface area contributed by atoms with Gasteiger partial charge in [0.1, 0.15) is 5.69 Å². The molecule has 2 rings (SSSR count). The van der Waals surface area contributed by atoms with E-state index in [1.54, 1.807) is 0 Å². The molecule has 0 unspecified atom stereocenters. The van der Waals surface area contributed by atoms with E-state index >= 15 is 0 Å². The van der Waals surface area contributed by atoms with Gasteiger partial charge >= 0.3 is 0 Å². The van der Waals surface area contributed by atoms with Gasteiger partial charge in [0.25, 0.3) is 11.8 Å². The second kappa shape index (κ2) is 4.97. The van der Waals surface area contributed by atoms with Gasteiger partial charge in [-0.2, -0.15) is 5.21 Å². The number of aromatic amines is 1. The lowest BCUT2D eigenvalue weighted by molar-refractivity contribution is 0.0996. The highest BCUT2D eigenvalue weighted by atomic mass is 16.2. The predicted molar refractivity (Wildman–Crippen MR) is 65.0 cm³/mol. The first-order valence-electron chi connectivity index (χ1n) is 5.06. The summed E-state index contributed by atoms with van der Waals surface area (Å²) in [6.45, 7) is 0. The zero-order valence-corrected chi connectivity index (χ0v) is 9.54. The Labute approximate surface area is 107 Å². The van der Waals surface area contributed by atoms with Crippen LogP contribution >= 0.6 is 0 Å². The van der Waals surface area contributed by atoms with Crippen LogP contribution in [0.4, 0.5) is 5.82 Å². The van der Waals surface area contributed by atoms with Crippen LogP contribution in [-0.4, -0.2) is 32.2 Å². The molecular weight excluding hydrogens is 248 g/mol. The van der Waals surface area contributed by atoms with Crippen molar-refractivity contribution in [1.29, 1.82) is 0 Å². The molecule has 94 valence electrons. The van der Waals surface area contributed by atoms with Crippen molar-refractivity contribution < 1.29 is 9.59 Å². The molecule has 0 saturated carbocycles. The zero-order chi connectivity index (χ0) is 13.8. The summed E-state index contributed by atoms with van der Waals surface area (Å²) in [5.41, 5.74) is 5.59. The average molecular weight is 256 g/mol. The summed E-state index contributed by atoms with van der Waals surface area (Å²) >= 11 is 0. The molecule has 0 aliphatic heterocycles. The van der Waals surface area contributed by atoms with Crippen LogP contribution < -0.4 is 11.1 Å². The third-order valence-corrected chi connectivity index (χ3v) is 2.19. The van der Waals surface area contributed by atoms with Gasteiger partial charge in [0, 0.05) is 6.20 Å². The summed E-state index contributed by atoms with van der Waals surface area (Å²) in [7, 11) is 0. The second-order valence-corrected chi connectivity index (χ2v) is 3.42. The molecule has 0 spiro atoms. The Morgan fingerprint density at radius 1 is 1.37 bits per heavy atom. The predicted octanol–water partition coefficient (Wildman–Crippen LogP) is -0.468. The van der Waals surface area contributed by atoms with Gasteiger partial charge in [-0.25, -0.2) is 4.98 Å². The molecule has 2 aromatic rings. The van der Waals surface area contributed by atoms with Crippen molar-refractivity contribution in [2.45, 2.75) is 0 Å². The monoisotopic (exact) mass is 256 g/mol. The van der Waals surface area contributed by atoms with Gasteiger partial charge in [0.05, 0.1) is 5.56 Å².